The van der Waals surface area contributed by atoms with E-state index in [9.17, 15) is 9.18 Å². The number of hydrogen-bond acceptors (Lipinski definition) is 2. The minimum atomic E-state index is -0.165. The number of benzene rings is 1. The summed E-state index contributed by atoms with van der Waals surface area (Å²) >= 11 is 0. The summed E-state index contributed by atoms with van der Waals surface area (Å²) < 4.78 is 14.1. The number of amides is 1. The van der Waals surface area contributed by atoms with E-state index in [0.717, 1.165) is 56.4 Å². The summed E-state index contributed by atoms with van der Waals surface area (Å²) in [6.45, 7) is 11.7. The lowest BCUT2D eigenvalue weighted by Crippen LogP contribution is -2.46. The number of carbonyl (C=O) groups is 1. The highest BCUT2D eigenvalue weighted by atomic mass is 19.1. The van der Waals surface area contributed by atoms with Crippen LogP contribution in [0.1, 0.15) is 77.0 Å². The molecule has 1 heterocycles. The highest BCUT2D eigenvalue weighted by Gasteiger charge is 2.42. The second-order valence-corrected chi connectivity index (χ2v) is 9.46. The van der Waals surface area contributed by atoms with Crippen molar-refractivity contribution in [3.63, 3.8) is 0 Å². The Hall–Kier alpha value is -1.42. The van der Waals surface area contributed by atoms with E-state index in [1.807, 2.05) is 6.07 Å². The van der Waals surface area contributed by atoms with Crippen LogP contribution in [0.25, 0.3) is 0 Å². The van der Waals surface area contributed by atoms with Crippen molar-refractivity contribution >= 4 is 5.91 Å². The first-order valence-corrected chi connectivity index (χ1v) is 9.98. The van der Waals surface area contributed by atoms with E-state index in [0.29, 0.717) is 5.41 Å². The van der Waals surface area contributed by atoms with Gasteiger partial charge in [0, 0.05) is 6.92 Å². The number of rotatable bonds is 3. The van der Waals surface area contributed by atoms with Gasteiger partial charge in [0.15, 0.2) is 0 Å². The molecule has 1 saturated heterocycles. The van der Waals surface area contributed by atoms with Gasteiger partial charge in [0.25, 0.3) is 0 Å². The van der Waals surface area contributed by atoms with Crippen molar-refractivity contribution in [1.29, 1.82) is 0 Å². The van der Waals surface area contributed by atoms with Crippen LogP contribution >= 0.6 is 0 Å². The Balaban J connectivity index is 1.77. The predicted octanol–water partition coefficient (Wildman–Crippen LogP) is 4.57. The zero-order valence-corrected chi connectivity index (χ0v) is 16.7. The lowest BCUT2D eigenvalue weighted by molar-refractivity contribution is -0.119. The molecule has 0 saturated carbocycles. The van der Waals surface area contributed by atoms with Gasteiger partial charge in [0.2, 0.25) is 5.91 Å². The second-order valence-electron chi connectivity index (χ2n) is 9.46. The Bertz CT molecular complexity index is 657. The van der Waals surface area contributed by atoms with Crippen molar-refractivity contribution in [3.05, 3.63) is 35.1 Å². The third-order valence-electron chi connectivity index (χ3n) is 6.24. The Morgan fingerprint density at radius 1 is 1.27 bits per heavy atom. The van der Waals surface area contributed by atoms with Gasteiger partial charge in [-0.05, 0) is 85.8 Å². The minimum Gasteiger partial charge on any atom is -0.350 e. The maximum atomic E-state index is 14.1. The molecule has 0 radical (unpaired) electrons. The molecule has 2 aliphatic rings. The third kappa shape index (κ3) is 4.28. The molecular formula is C22H33FN2O. The van der Waals surface area contributed by atoms with Gasteiger partial charge < -0.3 is 10.2 Å². The van der Waals surface area contributed by atoms with E-state index < -0.39 is 0 Å². The van der Waals surface area contributed by atoms with E-state index in [2.05, 4.69) is 31.0 Å². The fourth-order valence-electron chi connectivity index (χ4n) is 4.62. The Labute approximate surface area is 157 Å². The van der Waals surface area contributed by atoms with Crippen molar-refractivity contribution in [2.75, 3.05) is 19.6 Å². The molecule has 1 aromatic rings. The van der Waals surface area contributed by atoms with Gasteiger partial charge in [-0.3, -0.25) is 4.79 Å². The van der Waals surface area contributed by atoms with Crippen LogP contribution in [0.15, 0.2) is 18.2 Å². The van der Waals surface area contributed by atoms with Crippen LogP contribution in [0, 0.1) is 11.2 Å². The van der Waals surface area contributed by atoms with Crippen molar-refractivity contribution < 1.29 is 9.18 Å². The first-order chi connectivity index (χ1) is 12.2. The van der Waals surface area contributed by atoms with Crippen molar-refractivity contribution in [3.8, 4) is 0 Å². The van der Waals surface area contributed by atoms with Gasteiger partial charge >= 0.3 is 0 Å². The standard InChI is InChI=1S/C22H33FN2O/c1-16(26)24-20-7-8-22(19-15-17(23)5-6-18(19)20)10-13-25(14-11-22)12-9-21(2,3)4/h5-6,15,20H,7-14H2,1-4H3,(H,24,26)/t20-/m1/s1. The molecule has 144 valence electrons. The van der Waals surface area contributed by atoms with Gasteiger partial charge in [-0.15, -0.1) is 0 Å². The lowest BCUT2D eigenvalue weighted by atomic mass is 9.63. The smallest absolute Gasteiger partial charge is 0.217 e. The van der Waals surface area contributed by atoms with E-state index in [-0.39, 0.29) is 23.2 Å². The van der Waals surface area contributed by atoms with E-state index >= 15 is 0 Å². The van der Waals surface area contributed by atoms with Crippen molar-refractivity contribution in [2.24, 2.45) is 5.41 Å². The van der Waals surface area contributed by atoms with Crippen LogP contribution in [0.4, 0.5) is 4.39 Å². The van der Waals surface area contributed by atoms with Crippen molar-refractivity contribution in [2.45, 2.75) is 71.3 Å². The summed E-state index contributed by atoms with van der Waals surface area (Å²) in [5.41, 5.74) is 2.69. The fourth-order valence-corrected chi connectivity index (χ4v) is 4.62. The number of carbonyl (C=O) groups excluding carboxylic acids is 1. The largest absolute Gasteiger partial charge is 0.350 e. The highest BCUT2D eigenvalue weighted by Crippen LogP contribution is 2.48. The molecule has 1 spiro atoms. The molecule has 3 rings (SSSR count). The molecule has 0 bridgehead atoms. The fraction of sp³-hybridized carbons (Fsp3) is 0.682. The highest BCUT2D eigenvalue weighted by molar-refractivity contribution is 5.73. The molecule has 1 atom stereocenters. The first kappa shape index (κ1) is 19.3. The van der Waals surface area contributed by atoms with E-state index in [1.54, 1.807) is 13.0 Å². The first-order valence-electron chi connectivity index (χ1n) is 9.98. The Morgan fingerprint density at radius 2 is 1.96 bits per heavy atom. The summed E-state index contributed by atoms with van der Waals surface area (Å²) in [5, 5.41) is 3.05. The summed E-state index contributed by atoms with van der Waals surface area (Å²) in [5.74, 6) is -0.181. The molecule has 0 unspecified atom stereocenters. The predicted molar refractivity (Wildman–Crippen MR) is 104 cm³/mol. The number of nitrogens with one attached hydrogen (secondary N) is 1. The number of piperidine rings is 1. The topological polar surface area (TPSA) is 32.3 Å². The van der Waals surface area contributed by atoms with Gasteiger partial charge in [0.1, 0.15) is 5.82 Å². The monoisotopic (exact) mass is 360 g/mol. The zero-order valence-electron chi connectivity index (χ0n) is 16.7. The second kappa shape index (κ2) is 7.30. The average Bonchev–Trinajstić information content (AvgIpc) is 2.56. The van der Waals surface area contributed by atoms with Crippen LogP contribution in [0.5, 0.6) is 0 Å². The molecule has 1 aromatic carbocycles. The lowest BCUT2D eigenvalue weighted by Gasteiger charge is -2.47. The molecule has 1 fully saturated rings. The summed E-state index contributed by atoms with van der Waals surface area (Å²) in [6.07, 6.45) is 5.35. The van der Waals surface area contributed by atoms with Gasteiger partial charge in [-0.25, -0.2) is 4.39 Å². The molecule has 3 nitrogen and oxygen atoms in total. The van der Waals surface area contributed by atoms with Gasteiger partial charge in [-0.1, -0.05) is 26.8 Å². The number of nitrogens with zero attached hydrogens (tertiary/aromatic N) is 1. The maximum Gasteiger partial charge on any atom is 0.217 e. The number of fused-ring (bicyclic) bond motifs is 2. The summed E-state index contributed by atoms with van der Waals surface area (Å²) in [7, 11) is 0. The van der Waals surface area contributed by atoms with E-state index in [4.69, 9.17) is 0 Å². The maximum absolute atomic E-state index is 14.1. The van der Waals surface area contributed by atoms with Gasteiger partial charge in [-0.2, -0.15) is 0 Å². The van der Waals surface area contributed by atoms with Crippen LogP contribution in [0.2, 0.25) is 0 Å². The van der Waals surface area contributed by atoms with Crippen LogP contribution < -0.4 is 5.32 Å². The molecule has 1 aliphatic heterocycles. The van der Waals surface area contributed by atoms with Crippen LogP contribution in [0.3, 0.4) is 0 Å². The molecule has 0 aromatic heterocycles. The molecule has 1 N–H and O–H groups in total. The average molecular weight is 361 g/mol. The molecular weight excluding hydrogens is 327 g/mol. The summed E-state index contributed by atoms with van der Waals surface area (Å²) in [4.78, 5) is 14.1. The Morgan fingerprint density at radius 3 is 2.58 bits per heavy atom. The molecule has 26 heavy (non-hydrogen) atoms. The minimum absolute atomic E-state index is 0.0155. The van der Waals surface area contributed by atoms with Crippen molar-refractivity contribution in [1.82, 2.24) is 10.2 Å². The molecule has 1 aliphatic carbocycles. The van der Waals surface area contributed by atoms with Gasteiger partial charge in [0.05, 0.1) is 6.04 Å². The Kier molecular flexibility index (Phi) is 5.43. The normalized spacial score (nSPS) is 22.9. The number of likely N-dealkylation sites (tertiary alicyclic amines) is 1. The van der Waals surface area contributed by atoms with Crippen LogP contribution in [-0.4, -0.2) is 30.4 Å². The molecule has 4 heteroatoms. The SMILES string of the molecule is CC(=O)N[C@@H]1CCC2(CCN(CCC(C)(C)C)CC2)c2cc(F)ccc21. The number of halogens is 1. The quantitative estimate of drug-likeness (QED) is 0.856. The van der Waals surface area contributed by atoms with Crippen LogP contribution in [-0.2, 0) is 10.2 Å². The third-order valence-corrected chi connectivity index (χ3v) is 6.24. The van der Waals surface area contributed by atoms with E-state index in [1.165, 1.54) is 12.5 Å². The zero-order chi connectivity index (χ0) is 18.9. The molecule has 1 amide bonds. The summed E-state index contributed by atoms with van der Waals surface area (Å²) in [6, 6.07) is 5.17. The number of hydrogen-bond donors (Lipinski definition) is 1.